The van der Waals surface area contributed by atoms with Crippen LogP contribution in [0.5, 0.6) is 0 Å². The molecule has 82 valence electrons. The van der Waals surface area contributed by atoms with E-state index in [0.29, 0.717) is 5.92 Å². The maximum atomic E-state index is 12.7. The third-order valence-electron chi connectivity index (χ3n) is 2.87. The number of hydrogen-bond acceptors (Lipinski definition) is 1. The Hall–Kier alpha value is -0.600. The highest BCUT2D eigenvalue weighted by Crippen LogP contribution is 2.35. The average Bonchev–Trinajstić information content (AvgIpc) is 2.30. The summed E-state index contributed by atoms with van der Waals surface area (Å²) in [6.45, 7) is 1.57. The molecule has 15 heavy (non-hydrogen) atoms. The molecule has 1 aliphatic heterocycles. The highest BCUT2D eigenvalue weighted by atomic mass is 35.5. The summed E-state index contributed by atoms with van der Waals surface area (Å²) in [5, 5.41) is -0.0190. The fraction of sp³-hybridized carbons (Fsp3) is 0.500. The third-order valence-corrected chi connectivity index (χ3v) is 3.48. The van der Waals surface area contributed by atoms with Crippen LogP contribution in [0.2, 0.25) is 0 Å². The molecule has 1 unspecified atom stereocenters. The molecule has 1 aromatic rings. The van der Waals surface area contributed by atoms with Gasteiger partial charge in [-0.3, -0.25) is 0 Å². The minimum Gasteiger partial charge on any atom is -0.381 e. The Morgan fingerprint density at radius 1 is 1.20 bits per heavy atom. The van der Waals surface area contributed by atoms with Gasteiger partial charge in [-0.2, -0.15) is 0 Å². The van der Waals surface area contributed by atoms with Crippen molar-refractivity contribution < 1.29 is 9.13 Å². The van der Waals surface area contributed by atoms with E-state index in [2.05, 4.69) is 0 Å². The van der Waals surface area contributed by atoms with Crippen molar-refractivity contribution in [1.82, 2.24) is 0 Å². The van der Waals surface area contributed by atoms with E-state index in [-0.39, 0.29) is 11.2 Å². The summed E-state index contributed by atoms with van der Waals surface area (Å²) in [6.07, 6.45) is 1.98. The monoisotopic (exact) mass is 228 g/mol. The second-order valence-corrected chi connectivity index (χ2v) is 4.37. The summed E-state index contributed by atoms with van der Waals surface area (Å²) in [5.74, 6) is 0.237. The van der Waals surface area contributed by atoms with Gasteiger partial charge in [-0.1, -0.05) is 12.1 Å². The van der Waals surface area contributed by atoms with Crippen molar-refractivity contribution in [3.05, 3.63) is 35.6 Å². The first-order valence-electron chi connectivity index (χ1n) is 5.24. The van der Waals surface area contributed by atoms with Crippen LogP contribution >= 0.6 is 11.6 Å². The summed E-state index contributed by atoms with van der Waals surface area (Å²) in [6, 6.07) is 6.46. The van der Waals surface area contributed by atoms with Crippen molar-refractivity contribution in [2.75, 3.05) is 13.2 Å². The van der Waals surface area contributed by atoms with Crippen molar-refractivity contribution in [2.45, 2.75) is 18.2 Å². The van der Waals surface area contributed by atoms with E-state index in [0.717, 1.165) is 31.6 Å². The summed E-state index contributed by atoms with van der Waals surface area (Å²) in [4.78, 5) is 0. The Morgan fingerprint density at radius 3 is 2.40 bits per heavy atom. The SMILES string of the molecule is Fc1ccc(C(Cl)C2CCOCC2)cc1. The predicted octanol–water partition coefficient (Wildman–Crippen LogP) is 3.53. The Morgan fingerprint density at radius 2 is 1.80 bits per heavy atom. The van der Waals surface area contributed by atoms with Crippen LogP contribution in [0, 0.1) is 11.7 Å². The summed E-state index contributed by atoms with van der Waals surface area (Å²) >= 11 is 6.36. The Labute approximate surface area is 94.2 Å². The zero-order valence-corrected chi connectivity index (χ0v) is 9.21. The van der Waals surface area contributed by atoms with E-state index in [4.69, 9.17) is 16.3 Å². The first-order valence-corrected chi connectivity index (χ1v) is 5.68. The van der Waals surface area contributed by atoms with Crippen LogP contribution in [-0.2, 0) is 4.74 Å². The lowest BCUT2D eigenvalue weighted by Gasteiger charge is -2.26. The van der Waals surface area contributed by atoms with Crippen LogP contribution in [0.25, 0.3) is 0 Å². The van der Waals surface area contributed by atoms with Gasteiger partial charge in [0.05, 0.1) is 5.38 Å². The van der Waals surface area contributed by atoms with Crippen molar-refractivity contribution >= 4 is 11.6 Å². The van der Waals surface area contributed by atoms with E-state index in [1.54, 1.807) is 12.1 Å². The zero-order chi connectivity index (χ0) is 10.7. The predicted molar refractivity (Wildman–Crippen MR) is 58.5 cm³/mol. The molecule has 3 heteroatoms. The van der Waals surface area contributed by atoms with Gasteiger partial charge in [0, 0.05) is 13.2 Å². The number of alkyl halides is 1. The molecule has 0 radical (unpaired) electrons. The van der Waals surface area contributed by atoms with Crippen molar-refractivity contribution in [3.63, 3.8) is 0 Å². The number of rotatable bonds is 2. The van der Waals surface area contributed by atoms with Gasteiger partial charge in [0.1, 0.15) is 5.82 Å². The lowest BCUT2D eigenvalue weighted by molar-refractivity contribution is 0.0650. The number of ether oxygens (including phenoxy) is 1. The number of halogens is 2. The standard InChI is InChI=1S/C12H14ClFO/c13-12(10-5-7-15-8-6-10)9-1-3-11(14)4-2-9/h1-4,10,12H,5-8H2. The Balaban J connectivity index is 2.05. The van der Waals surface area contributed by atoms with E-state index in [1.807, 2.05) is 0 Å². The summed E-state index contributed by atoms with van der Waals surface area (Å²) in [5.41, 5.74) is 1.00. The molecular weight excluding hydrogens is 215 g/mol. The molecule has 1 nitrogen and oxygen atoms in total. The molecule has 0 spiro atoms. The van der Waals surface area contributed by atoms with Crippen LogP contribution in [0.15, 0.2) is 24.3 Å². The molecule has 0 saturated carbocycles. The van der Waals surface area contributed by atoms with Crippen molar-refractivity contribution in [1.29, 1.82) is 0 Å². The minimum absolute atomic E-state index is 0.0190. The molecule has 0 bridgehead atoms. The number of hydrogen-bond donors (Lipinski definition) is 0. The van der Waals surface area contributed by atoms with Gasteiger partial charge in [0.25, 0.3) is 0 Å². The molecule has 0 amide bonds. The van der Waals surface area contributed by atoms with Gasteiger partial charge in [-0.25, -0.2) is 4.39 Å². The molecule has 0 aromatic heterocycles. The molecule has 0 N–H and O–H groups in total. The average molecular weight is 229 g/mol. The van der Waals surface area contributed by atoms with Gasteiger partial charge >= 0.3 is 0 Å². The van der Waals surface area contributed by atoms with Crippen LogP contribution in [0.3, 0.4) is 0 Å². The molecule has 2 rings (SSSR count). The van der Waals surface area contributed by atoms with Crippen LogP contribution in [0.1, 0.15) is 23.8 Å². The molecule has 1 fully saturated rings. The van der Waals surface area contributed by atoms with Gasteiger partial charge in [-0.15, -0.1) is 11.6 Å². The molecular formula is C12H14ClFO. The van der Waals surface area contributed by atoms with E-state index in [1.165, 1.54) is 12.1 Å². The van der Waals surface area contributed by atoms with Gasteiger partial charge < -0.3 is 4.74 Å². The van der Waals surface area contributed by atoms with Gasteiger partial charge in [-0.05, 0) is 36.5 Å². The fourth-order valence-electron chi connectivity index (χ4n) is 1.93. The van der Waals surface area contributed by atoms with E-state index < -0.39 is 0 Å². The van der Waals surface area contributed by atoms with Gasteiger partial charge in [0.15, 0.2) is 0 Å². The quantitative estimate of drug-likeness (QED) is 0.704. The van der Waals surface area contributed by atoms with E-state index >= 15 is 0 Å². The van der Waals surface area contributed by atoms with E-state index in [9.17, 15) is 4.39 Å². The largest absolute Gasteiger partial charge is 0.381 e. The molecule has 1 atom stereocenters. The second-order valence-electron chi connectivity index (χ2n) is 3.90. The third kappa shape index (κ3) is 2.70. The smallest absolute Gasteiger partial charge is 0.123 e. The zero-order valence-electron chi connectivity index (χ0n) is 8.46. The number of benzene rings is 1. The maximum absolute atomic E-state index is 12.7. The first kappa shape index (κ1) is 10.9. The Kier molecular flexibility index (Phi) is 3.60. The molecule has 0 aliphatic carbocycles. The van der Waals surface area contributed by atoms with Gasteiger partial charge in [0.2, 0.25) is 0 Å². The molecule has 1 saturated heterocycles. The Bertz CT molecular complexity index is 306. The molecule has 1 aliphatic rings. The maximum Gasteiger partial charge on any atom is 0.123 e. The molecule has 1 aromatic carbocycles. The van der Waals surface area contributed by atoms with Crippen molar-refractivity contribution in [3.8, 4) is 0 Å². The van der Waals surface area contributed by atoms with Crippen LogP contribution in [-0.4, -0.2) is 13.2 Å². The topological polar surface area (TPSA) is 9.23 Å². The van der Waals surface area contributed by atoms with Crippen LogP contribution in [0.4, 0.5) is 4.39 Å². The summed E-state index contributed by atoms with van der Waals surface area (Å²) < 4.78 is 18.0. The second kappa shape index (κ2) is 4.95. The van der Waals surface area contributed by atoms with Crippen LogP contribution < -0.4 is 0 Å². The fourth-order valence-corrected chi connectivity index (χ4v) is 2.32. The van der Waals surface area contributed by atoms with Crippen molar-refractivity contribution in [2.24, 2.45) is 5.92 Å². The normalized spacial score (nSPS) is 20.1. The lowest BCUT2D eigenvalue weighted by atomic mass is 9.92. The highest BCUT2D eigenvalue weighted by molar-refractivity contribution is 6.21. The lowest BCUT2D eigenvalue weighted by Crippen LogP contribution is -2.19. The summed E-state index contributed by atoms with van der Waals surface area (Å²) in [7, 11) is 0. The molecule has 1 heterocycles. The first-order chi connectivity index (χ1) is 7.27. The highest BCUT2D eigenvalue weighted by Gasteiger charge is 2.23. The minimum atomic E-state index is -0.213.